The number of nitrogens with zero attached hydrogens (tertiary/aromatic N) is 2. The van der Waals surface area contributed by atoms with Crippen LogP contribution in [0.5, 0.6) is 0 Å². The average Bonchev–Trinajstić information content (AvgIpc) is 3.30. The van der Waals surface area contributed by atoms with Crippen molar-refractivity contribution in [3.63, 3.8) is 0 Å². The van der Waals surface area contributed by atoms with Crippen LogP contribution >= 0.6 is 0 Å². The molecule has 0 fully saturated rings. The van der Waals surface area contributed by atoms with Gasteiger partial charge in [0.25, 0.3) is 5.91 Å². The van der Waals surface area contributed by atoms with Gasteiger partial charge in [0.2, 0.25) is 10.0 Å². The largest absolute Gasteiger partial charge is 0.469 e. The number of rotatable bonds is 8. The molecule has 2 aromatic heterocycles. The Hall–Kier alpha value is -2.58. The Balaban J connectivity index is 1.86. The molecular formula is C21H27N3O4S. The Kier molecular flexibility index (Phi) is 6.14. The van der Waals surface area contributed by atoms with Gasteiger partial charge in [0.05, 0.1) is 11.2 Å². The third-order valence-corrected chi connectivity index (χ3v) is 7.10. The number of sulfonamides is 1. The number of aromatic nitrogens is 1. The van der Waals surface area contributed by atoms with Gasteiger partial charge in [-0.25, -0.2) is 8.42 Å². The summed E-state index contributed by atoms with van der Waals surface area (Å²) < 4.78 is 34.1. The quantitative estimate of drug-likeness (QED) is 0.610. The van der Waals surface area contributed by atoms with Crippen LogP contribution in [-0.4, -0.2) is 42.3 Å². The van der Waals surface area contributed by atoms with E-state index in [-0.39, 0.29) is 16.8 Å². The minimum Gasteiger partial charge on any atom is -0.469 e. The van der Waals surface area contributed by atoms with Crippen LogP contribution in [0.4, 0.5) is 0 Å². The Bertz CT molecular complexity index is 1100. The molecule has 8 heteroatoms. The van der Waals surface area contributed by atoms with Crippen LogP contribution in [0.2, 0.25) is 0 Å². The van der Waals surface area contributed by atoms with Crippen LogP contribution in [0.25, 0.3) is 10.9 Å². The first-order valence-corrected chi connectivity index (χ1v) is 11.1. The average molecular weight is 418 g/mol. The number of carbonyl (C=O) groups excluding carboxylic acids is 1. The second-order valence-electron chi connectivity index (χ2n) is 7.06. The van der Waals surface area contributed by atoms with E-state index in [2.05, 4.69) is 5.32 Å². The van der Waals surface area contributed by atoms with Crippen molar-refractivity contribution in [1.82, 2.24) is 14.2 Å². The number of nitrogens with one attached hydrogen (secondary N) is 1. The summed E-state index contributed by atoms with van der Waals surface area (Å²) in [6, 6.07) is 10.3. The molecule has 3 aromatic rings. The van der Waals surface area contributed by atoms with E-state index in [1.807, 2.05) is 32.9 Å². The fraction of sp³-hybridized carbons (Fsp3) is 0.381. The SMILES string of the molecule is CCN(CC)S(=O)(=O)c1ccc2c(c1)cc(C(=O)N[C@@H](C)Cc1ccco1)n2C. The Morgan fingerprint density at radius 3 is 2.55 bits per heavy atom. The second-order valence-corrected chi connectivity index (χ2v) is 8.99. The van der Waals surface area contributed by atoms with E-state index in [9.17, 15) is 13.2 Å². The van der Waals surface area contributed by atoms with E-state index in [0.29, 0.717) is 30.6 Å². The maximum absolute atomic E-state index is 12.8. The van der Waals surface area contributed by atoms with Crippen molar-refractivity contribution in [2.24, 2.45) is 7.05 Å². The first-order chi connectivity index (χ1) is 13.8. The molecule has 3 rings (SSSR count). The fourth-order valence-corrected chi connectivity index (χ4v) is 4.99. The van der Waals surface area contributed by atoms with Gasteiger partial charge < -0.3 is 14.3 Å². The summed E-state index contributed by atoms with van der Waals surface area (Å²) in [5.41, 5.74) is 1.27. The molecule has 29 heavy (non-hydrogen) atoms. The molecule has 156 valence electrons. The summed E-state index contributed by atoms with van der Waals surface area (Å²) in [5, 5.41) is 3.68. The molecule has 7 nitrogen and oxygen atoms in total. The molecule has 0 aliphatic heterocycles. The minimum absolute atomic E-state index is 0.106. The molecule has 2 heterocycles. The Morgan fingerprint density at radius 2 is 1.93 bits per heavy atom. The third-order valence-electron chi connectivity index (χ3n) is 5.05. The molecule has 1 atom stereocenters. The van der Waals surface area contributed by atoms with E-state index in [0.717, 1.165) is 11.3 Å². The monoisotopic (exact) mass is 417 g/mol. The normalized spacial score (nSPS) is 13.1. The van der Waals surface area contributed by atoms with Gasteiger partial charge in [0.15, 0.2) is 0 Å². The van der Waals surface area contributed by atoms with Crippen molar-refractivity contribution in [2.75, 3.05) is 13.1 Å². The Labute approximate surface area is 171 Å². The molecule has 0 saturated heterocycles. The maximum atomic E-state index is 12.8. The highest BCUT2D eigenvalue weighted by molar-refractivity contribution is 7.89. The highest BCUT2D eigenvalue weighted by Crippen LogP contribution is 2.24. The zero-order valence-electron chi connectivity index (χ0n) is 17.2. The number of benzene rings is 1. The van der Waals surface area contributed by atoms with Crippen LogP contribution in [0.15, 0.2) is 52.0 Å². The van der Waals surface area contributed by atoms with Gasteiger partial charge in [-0.2, -0.15) is 4.31 Å². The first kappa shape index (κ1) is 21.1. The summed E-state index contributed by atoms with van der Waals surface area (Å²) in [5.74, 6) is 0.594. The van der Waals surface area contributed by atoms with Crippen LogP contribution in [0, 0.1) is 0 Å². The van der Waals surface area contributed by atoms with E-state index in [1.165, 1.54) is 4.31 Å². The standard InChI is InChI=1S/C21H27N3O4S/c1-5-24(6-2)29(26,27)18-9-10-19-16(13-18)14-20(23(19)4)21(25)22-15(3)12-17-8-7-11-28-17/h7-11,13-15H,5-6,12H2,1-4H3,(H,22,25)/t15-/m0/s1. The van der Waals surface area contributed by atoms with Crippen molar-refractivity contribution in [3.8, 4) is 0 Å². The molecule has 1 amide bonds. The van der Waals surface area contributed by atoms with Gasteiger partial charge in [-0.05, 0) is 43.3 Å². The number of amides is 1. The summed E-state index contributed by atoms with van der Waals surface area (Å²) in [7, 11) is -1.75. The lowest BCUT2D eigenvalue weighted by Gasteiger charge is -2.18. The molecule has 0 unspecified atom stereocenters. The second kappa shape index (κ2) is 8.42. The van der Waals surface area contributed by atoms with Crippen molar-refractivity contribution < 1.29 is 17.6 Å². The third kappa shape index (κ3) is 4.23. The number of carbonyl (C=O) groups is 1. The lowest BCUT2D eigenvalue weighted by molar-refractivity contribution is 0.0931. The number of hydrogen-bond acceptors (Lipinski definition) is 4. The van der Waals surface area contributed by atoms with E-state index in [4.69, 9.17) is 4.42 Å². The predicted molar refractivity (Wildman–Crippen MR) is 112 cm³/mol. The van der Waals surface area contributed by atoms with Crippen molar-refractivity contribution in [2.45, 2.75) is 38.1 Å². The highest BCUT2D eigenvalue weighted by Gasteiger charge is 2.23. The lowest BCUT2D eigenvalue weighted by Crippen LogP contribution is -2.35. The highest BCUT2D eigenvalue weighted by atomic mass is 32.2. The van der Waals surface area contributed by atoms with Gasteiger partial charge in [0.1, 0.15) is 11.5 Å². The summed E-state index contributed by atoms with van der Waals surface area (Å²) >= 11 is 0. The van der Waals surface area contributed by atoms with Crippen LogP contribution in [0.1, 0.15) is 37.0 Å². The summed E-state index contributed by atoms with van der Waals surface area (Å²) in [6.45, 7) is 6.36. The predicted octanol–water partition coefficient (Wildman–Crippen LogP) is 3.16. The van der Waals surface area contributed by atoms with Gasteiger partial charge >= 0.3 is 0 Å². The molecule has 1 aromatic carbocycles. The van der Waals surface area contributed by atoms with Crippen LogP contribution < -0.4 is 5.32 Å². The molecule has 0 radical (unpaired) electrons. The number of furan rings is 1. The summed E-state index contributed by atoms with van der Waals surface area (Å²) in [6.07, 6.45) is 2.20. The van der Waals surface area contributed by atoms with Gasteiger partial charge in [-0.3, -0.25) is 4.79 Å². The van der Waals surface area contributed by atoms with Gasteiger partial charge in [-0.15, -0.1) is 0 Å². The lowest BCUT2D eigenvalue weighted by atomic mass is 10.2. The molecule has 1 N–H and O–H groups in total. The summed E-state index contributed by atoms with van der Waals surface area (Å²) in [4.78, 5) is 13.0. The molecule has 0 bridgehead atoms. The number of aryl methyl sites for hydroxylation is 1. The molecule has 0 aliphatic rings. The van der Waals surface area contributed by atoms with Crippen LogP contribution in [-0.2, 0) is 23.5 Å². The van der Waals surface area contributed by atoms with Gasteiger partial charge in [-0.1, -0.05) is 13.8 Å². The topological polar surface area (TPSA) is 84.6 Å². The van der Waals surface area contributed by atoms with E-state index in [1.54, 1.807) is 42.1 Å². The van der Waals surface area contributed by atoms with Gasteiger partial charge in [0, 0.05) is 43.5 Å². The smallest absolute Gasteiger partial charge is 0.268 e. The first-order valence-electron chi connectivity index (χ1n) is 9.70. The number of hydrogen-bond donors (Lipinski definition) is 1. The number of fused-ring (bicyclic) bond motifs is 1. The van der Waals surface area contributed by atoms with Crippen molar-refractivity contribution in [1.29, 1.82) is 0 Å². The van der Waals surface area contributed by atoms with E-state index < -0.39 is 10.0 Å². The maximum Gasteiger partial charge on any atom is 0.268 e. The molecule has 0 saturated carbocycles. The minimum atomic E-state index is -3.55. The van der Waals surface area contributed by atoms with E-state index >= 15 is 0 Å². The molecular weight excluding hydrogens is 390 g/mol. The Morgan fingerprint density at radius 1 is 1.21 bits per heavy atom. The van der Waals surface area contributed by atoms with Crippen LogP contribution in [0.3, 0.4) is 0 Å². The molecule has 0 spiro atoms. The fourth-order valence-electron chi connectivity index (χ4n) is 3.50. The van der Waals surface area contributed by atoms with Crippen molar-refractivity contribution in [3.05, 3.63) is 54.1 Å². The molecule has 0 aliphatic carbocycles. The zero-order valence-corrected chi connectivity index (χ0v) is 18.0. The zero-order chi connectivity index (χ0) is 21.2. The van der Waals surface area contributed by atoms with Crippen molar-refractivity contribution >= 4 is 26.8 Å².